The van der Waals surface area contributed by atoms with E-state index in [1.165, 1.54) is 12.1 Å². The lowest BCUT2D eigenvalue weighted by Gasteiger charge is -2.22. The Labute approximate surface area is 134 Å². The number of rotatable bonds is 4. The summed E-state index contributed by atoms with van der Waals surface area (Å²) in [5.74, 6) is -0.599. The maximum atomic E-state index is 13.8. The van der Waals surface area contributed by atoms with Gasteiger partial charge in [-0.3, -0.25) is 9.59 Å². The van der Waals surface area contributed by atoms with Crippen LogP contribution in [0.2, 0.25) is 5.02 Å². The summed E-state index contributed by atoms with van der Waals surface area (Å²) in [6, 6.07) is 4.38. The van der Waals surface area contributed by atoms with Crippen LogP contribution in [0.3, 0.4) is 0 Å². The van der Waals surface area contributed by atoms with Gasteiger partial charge in [0, 0.05) is 43.2 Å². The molecule has 0 unspecified atom stereocenters. The molecule has 0 saturated carbocycles. The number of carbonyl (C=O) groups is 2. The Hall–Kier alpha value is -1.62. The fourth-order valence-corrected chi connectivity index (χ4v) is 2.82. The van der Waals surface area contributed by atoms with Gasteiger partial charge in [0.15, 0.2) is 0 Å². The van der Waals surface area contributed by atoms with Crippen LogP contribution >= 0.6 is 11.6 Å². The lowest BCUT2D eigenvalue weighted by Crippen LogP contribution is -2.37. The van der Waals surface area contributed by atoms with Crippen molar-refractivity contribution in [1.82, 2.24) is 9.80 Å². The second-order valence-corrected chi connectivity index (χ2v) is 5.80. The van der Waals surface area contributed by atoms with Gasteiger partial charge >= 0.3 is 0 Å². The number of amides is 2. The van der Waals surface area contributed by atoms with Gasteiger partial charge in [0.05, 0.1) is 6.42 Å². The second-order valence-electron chi connectivity index (χ2n) is 5.39. The van der Waals surface area contributed by atoms with Gasteiger partial charge in [-0.25, -0.2) is 4.39 Å². The monoisotopic (exact) mass is 326 g/mol. The number of benzene rings is 1. The quantitative estimate of drug-likeness (QED) is 0.853. The van der Waals surface area contributed by atoms with E-state index in [2.05, 4.69) is 0 Å². The highest BCUT2D eigenvalue weighted by Crippen LogP contribution is 2.20. The van der Waals surface area contributed by atoms with Crippen molar-refractivity contribution in [2.45, 2.75) is 26.2 Å². The summed E-state index contributed by atoms with van der Waals surface area (Å²) in [7, 11) is 0. The van der Waals surface area contributed by atoms with Crippen LogP contribution < -0.4 is 0 Å². The molecular weight excluding hydrogens is 307 g/mol. The highest BCUT2D eigenvalue weighted by Gasteiger charge is 2.24. The van der Waals surface area contributed by atoms with Gasteiger partial charge in [-0.2, -0.15) is 0 Å². The van der Waals surface area contributed by atoms with Crippen molar-refractivity contribution in [1.29, 1.82) is 0 Å². The van der Waals surface area contributed by atoms with Gasteiger partial charge in [-0.05, 0) is 18.6 Å². The molecule has 0 bridgehead atoms. The predicted octanol–water partition coefficient (Wildman–Crippen LogP) is 2.49. The van der Waals surface area contributed by atoms with E-state index in [1.54, 1.807) is 15.9 Å². The molecule has 0 radical (unpaired) electrons. The van der Waals surface area contributed by atoms with Crippen LogP contribution in [0.15, 0.2) is 18.2 Å². The summed E-state index contributed by atoms with van der Waals surface area (Å²) < 4.78 is 13.8. The fraction of sp³-hybridized carbons (Fsp3) is 0.500. The fourth-order valence-electron chi connectivity index (χ4n) is 2.59. The molecule has 1 aromatic carbocycles. The molecule has 120 valence electrons. The molecule has 1 heterocycles. The predicted molar refractivity (Wildman–Crippen MR) is 83.2 cm³/mol. The van der Waals surface area contributed by atoms with Crippen molar-refractivity contribution in [2.24, 2.45) is 0 Å². The highest BCUT2D eigenvalue weighted by molar-refractivity contribution is 6.31. The number of hydrogen-bond acceptors (Lipinski definition) is 2. The van der Waals surface area contributed by atoms with Gasteiger partial charge in [-0.1, -0.05) is 24.6 Å². The first-order chi connectivity index (χ1) is 10.5. The van der Waals surface area contributed by atoms with Crippen molar-refractivity contribution in [3.8, 4) is 0 Å². The molecule has 2 amide bonds. The Morgan fingerprint density at radius 1 is 1.32 bits per heavy atom. The molecule has 0 aliphatic carbocycles. The van der Waals surface area contributed by atoms with E-state index in [-0.39, 0.29) is 28.8 Å². The molecule has 1 aromatic rings. The molecule has 1 fully saturated rings. The Balaban J connectivity index is 2.03. The smallest absolute Gasteiger partial charge is 0.227 e. The summed E-state index contributed by atoms with van der Waals surface area (Å²) in [5.41, 5.74) is 0.218. The molecule has 0 aromatic heterocycles. The maximum Gasteiger partial charge on any atom is 0.227 e. The zero-order valence-electron chi connectivity index (χ0n) is 12.6. The van der Waals surface area contributed by atoms with Crippen molar-refractivity contribution in [2.75, 3.05) is 26.2 Å². The largest absolute Gasteiger partial charge is 0.341 e. The third-order valence-corrected chi connectivity index (χ3v) is 4.18. The molecule has 2 rings (SSSR count). The van der Waals surface area contributed by atoms with Gasteiger partial charge < -0.3 is 9.80 Å². The zero-order valence-corrected chi connectivity index (χ0v) is 13.4. The molecule has 0 N–H and O–H groups in total. The average Bonchev–Trinajstić information content (AvgIpc) is 2.66. The molecule has 0 atom stereocenters. The van der Waals surface area contributed by atoms with Crippen molar-refractivity contribution >= 4 is 23.4 Å². The Bertz CT molecular complexity index is 545. The molecule has 4 nitrogen and oxygen atoms in total. The maximum absolute atomic E-state index is 13.8. The van der Waals surface area contributed by atoms with E-state index < -0.39 is 5.82 Å². The number of nitrogens with zero attached hydrogens (tertiary/aromatic N) is 2. The van der Waals surface area contributed by atoms with Crippen LogP contribution in [0, 0.1) is 5.82 Å². The van der Waals surface area contributed by atoms with Crippen LogP contribution in [0.4, 0.5) is 4.39 Å². The average molecular weight is 327 g/mol. The standard InChI is InChI=1S/C16H20ClFN2O2/c1-2-7-19-9-10-20(8-6-15(19)21)16(22)11-12-13(17)4-3-5-14(12)18/h3-5H,2,6-11H2,1H3. The van der Waals surface area contributed by atoms with Gasteiger partial charge in [0.2, 0.25) is 11.8 Å². The number of hydrogen-bond donors (Lipinski definition) is 0. The first kappa shape index (κ1) is 16.7. The van der Waals surface area contributed by atoms with E-state index in [4.69, 9.17) is 11.6 Å². The Kier molecular flexibility index (Phi) is 5.77. The summed E-state index contributed by atoms with van der Waals surface area (Å²) in [4.78, 5) is 27.7. The highest BCUT2D eigenvalue weighted by atomic mass is 35.5. The zero-order chi connectivity index (χ0) is 16.1. The van der Waals surface area contributed by atoms with Gasteiger partial charge in [0.25, 0.3) is 0 Å². The van der Waals surface area contributed by atoms with E-state index in [0.29, 0.717) is 32.6 Å². The van der Waals surface area contributed by atoms with Crippen molar-refractivity contribution in [3.05, 3.63) is 34.6 Å². The van der Waals surface area contributed by atoms with Gasteiger partial charge in [-0.15, -0.1) is 0 Å². The molecule has 22 heavy (non-hydrogen) atoms. The van der Waals surface area contributed by atoms with Gasteiger partial charge in [0.1, 0.15) is 5.82 Å². The lowest BCUT2D eigenvalue weighted by atomic mass is 10.1. The van der Waals surface area contributed by atoms with Crippen molar-refractivity contribution in [3.63, 3.8) is 0 Å². The second kappa shape index (κ2) is 7.58. The SMILES string of the molecule is CCCN1CCN(C(=O)Cc2c(F)cccc2Cl)CCC1=O. The van der Waals surface area contributed by atoms with E-state index in [0.717, 1.165) is 6.42 Å². The summed E-state index contributed by atoms with van der Waals surface area (Å²) in [5, 5.41) is 0.256. The molecule has 6 heteroatoms. The van der Waals surface area contributed by atoms with Crippen molar-refractivity contribution < 1.29 is 14.0 Å². The summed E-state index contributed by atoms with van der Waals surface area (Å²) in [6.45, 7) is 4.12. The Morgan fingerprint density at radius 2 is 2.09 bits per heavy atom. The minimum absolute atomic E-state index is 0.0704. The molecule has 1 aliphatic heterocycles. The van der Waals surface area contributed by atoms with Crippen LogP contribution in [-0.4, -0.2) is 47.8 Å². The molecule has 1 saturated heterocycles. The third-order valence-electron chi connectivity index (χ3n) is 3.82. The number of halogens is 2. The topological polar surface area (TPSA) is 40.6 Å². The van der Waals surface area contributed by atoms with Crippen LogP contribution in [-0.2, 0) is 16.0 Å². The summed E-state index contributed by atoms with van der Waals surface area (Å²) >= 11 is 5.96. The van der Waals surface area contributed by atoms with E-state index in [1.807, 2.05) is 6.92 Å². The van der Waals surface area contributed by atoms with Crippen LogP contribution in [0.1, 0.15) is 25.3 Å². The van der Waals surface area contributed by atoms with E-state index >= 15 is 0 Å². The molecule has 1 aliphatic rings. The minimum Gasteiger partial charge on any atom is -0.341 e. The van der Waals surface area contributed by atoms with E-state index in [9.17, 15) is 14.0 Å². The summed E-state index contributed by atoms with van der Waals surface area (Å²) in [6.07, 6.45) is 1.13. The minimum atomic E-state index is -0.473. The van der Waals surface area contributed by atoms with Crippen LogP contribution in [0.5, 0.6) is 0 Å². The third kappa shape index (κ3) is 3.97. The van der Waals surface area contributed by atoms with Crippen LogP contribution in [0.25, 0.3) is 0 Å². The lowest BCUT2D eigenvalue weighted by molar-refractivity contribution is -0.130. The molecule has 0 spiro atoms. The normalized spacial score (nSPS) is 15.9. The first-order valence-electron chi connectivity index (χ1n) is 7.51. The molecular formula is C16H20ClFN2O2. The number of carbonyl (C=O) groups excluding carboxylic acids is 2. The Morgan fingerprint density at radius 3 is 2.77 bits per heavy atom. The first-order valence-corrected chi connectivity index (χ1v) is 7.89.